The number of carbonyl (C=O) groups is 3. The zero-order chi connectivity index (χ0) is 29.8. The highest BCUT2D eigenvalue weighted by atomic mass is 35.5. The van der Waals surface area contributed by atoms with Crippen LogP contribution in [-0.2, 0) is 11.3 Å². The molecule has 0 atom stereocenters. The molecule has 2 heterocycles. The average Bonchev–Trinajstić information content (AvgIpc) is 3.33. The third kappa shape index (κ3) is 4.90. The van der Waals surface area contributed by atoms with E-state index in [2.05, 4.69) is 9.73 Å². The first-order chi connectivity index (χ1) is 20.0. The molecule has 2 aliphatic rings. The minimum atomic E-state index is -4.92. The molecular formula is C31H19ClF3N3O4. The van der Waals surface area contributed by atoms with Crippen LogP contribution in [0.1, 0.15) is 37.4 Å². The summed E-state index contributed by atoms with van der Waals surface area (Å²) >= 11 is 6.02. The van der Waals surface area contributed by atoms with E-state index < -0.39 is 29.8 Å². The van der Waals surface area contributed by atoms with E-state index in [1.165, 1.54) is 41.3 Å². The van der Waals surface area contributed by atoms with Gasteiger partial charge in [0.15, 0.2) is 0 Å². The van der Waals surface area contributed by atoms with Gasteiger partial charge >= 0.3 is 6.36 Å². The van der Waals surface area contributed by atoms with Crippen LogP contribution < -0.4 is 14.5 Å². The quantitative estimate of drug-likeness (QED) is 0.235. The van der Waals surface area contributed by atoms with E-state index in [1.807, 2.05) is 30.3 Å². The maximum absolute atomic E-state index is 13.6. The number of imide groups is 1. The lowest BCUT2D eigenvalue weighted by molar-refractivity contribution is -0.274. The van der Waals surface area contributed by atoms with Gasteiger partial charge in [-0.25, -0.2) is 9.89 Å². The lowest BCUT2D eigenvalue weighted by Gasteiger charge is -2.17. The van der Waals surface area contributed by atoms with Crippen LogP contribution in [0.2, 0.25) is 5.02 Å². The Morgan fingerprint density at radius 3 is 2.21 bits per heavy atom. The third-order valence-corrected chi connectivity index (χ3v) is 7.12. The van der Waals surface area contributed by atoms with Crippen molar-refractivity contribution in [2.75, 3.05) is 9.80 Å². The SMILES string of the molecule is Cc1cc(N=C2C(=O)N(Cc3ccccc3)c3ccc(OC(F)(F)F)cc32)ccc1N1C(=O)c2ccc(Cl)cc2C1=O. The molecule has 7 nitrogen and oxygen atoms in total. The molecule has 11 heteroatoms. The summed E-state index contributed by atoms with van der Waals surface area (Å²) in [5, 5.41) is 0.325. The first-order valence-electron chi connectivity index (χ1n) is 12.6. The van der Waals surface area contributed by atoms with Gasteiger partial charge in [-0.3, -0.25) is 14.4 Å². The molecule has 0 saturated carbocycles. The molecule has 42 heavy (non-hydrogen) atoms. The average molecular weight is 590 g/mol. The van der Waals surface area contributed by atoms with E-state index in [4.69, 9.17) is 11.6 Å². The standard InChI is InChI=1S/C31H19ClF3N3O4/c1-17-13-20(8-11-25(17)38-28(39)22-10-7-19(32)14-23(22)29(38)40)36-27-24-15-21(42-31(33,34)35)9-12-26(24)37(30(27)41)16-18-5-3-2-4-6-18/h2-15H,16H2,1H3. The van der Waals surface area contributed by atoms with Crippen LogP contribution >= 0.6 is 11.6 Å². The van der Waals surface area contributed by atoms with Crippen molar-refractivity contribution in [2.45, 2.75) is 19.8 Å². The molecule has 2 aliphatic heterocycles. The summed E-state index contributed by atoms with van der Waals surface area (Å²) in [6.07, 6.45) is -4.92. The van der Waals surface area contributed by atoms with Gasteiger partial charge in [-0.05, 0) is 72.6 Å². The van der Waals surface area contributed by atoms with Gasteiger partial charge in [0.2, 0.25) is 0 Å². The van der Waals surface area contributed by atoms with E-state index in [-0.39, 0.29) is 28.9 Å². The smallest absolute Gasteiger partial charge is 0.406 e. The number of hydrogen-bond donors (Lipinski definition) is 0. The van der Waals surface area contributed by atoms with Crippen molar-refractivity contribution in [3.63, 3.8) is 0 Å². The summed E-state index contributed by atoms with van der Waals surface area (Å²) in [6, 6.07) is 21.9. The monoisotopic (exact) mass is 589 g/mol. The van der Waals surface area contributed by atoms with Gasteiger partial charge in [0, 0.05) is 10.6 Å². The van der Waals surface area contributed by atoms with Crippen molar-refractivity contribution in [1.29, 1.82) is 0 Å². The minimum absolute atomic E-state index is 0.0731. The number of anilines is 2. The molecule has 0 aromatic heterocycles. The Balaban J connectivity index is 1.37. The summed E-state index contributed by atoms with van der Waals surface area (Å²) in [6.45, 7) is 1.85. The first-order valence-corrected chi connectivity index (χ1v) is 13.0. The topological polar surface area (TPSA) is 79.3 Å². The molecule has 0 N–H and O–H groups in total. The number of halogens is 4. The normalized spacial score (nSPS) is 15.5. The number of rotatable bonds is 5. The fourth-order valence-electron chi connectivity index (χ4n) is 5.04. The number of benzene rings is 4. The Morgan fingerprint density at radius 1 is 0.786 bits per heavy atom. The van der Waals surface area contributed by atoms with Crippen molar-refractivity contribution in [3.8, 4) is 5.75 Å². The predicted molar refractivity (Wildman–Crippen MR) is 151 cm³/mol. The first kappa shape index (κ1) is 27.2. The van der Waals surface area contributed by atoms with E-state index in [0.29, 0.717) is 27.6 Å². The molecule has 3 amide bonds. The Hall–Kier alpha value is -4.96. The van der Waals surface area contributed by atoms with Crippen molar-refractivity contribution >= 4 is 52.1 Å². The summed E-state index contributed by atoms with van der Waals surface area (Å²) in [5.41, 5.74) is 2.87. The van der Waals surface area contributed by atoms with Crippen molar-refractivity contribution in [3.05, 3.63) is 118 Å². The molecule has 0 fully saturated rings. The van der Waals surface area contributed by atoms with Crippen molar-refractivity contribution < 1.29 is 32.3 Å². The Morgan fingerprint density at radius 2 is 1.50 bits per heavy atom. The van der Waals surface area contributed by atoms with Crippen LogP contribution in [0.3, 0.4) is 0 Å². The predicted octanol–water partition coefficient (Wildman–Crippen LogP) is 7.02. The number of nitrogens with zero attached hydrogens (tertiary/aromatic N) is 3. The molecule has 0 radical (unpaired) electrons. The number of alkyl halides is 3. The maximum Gasteiger partial charge on any atom is 0.573 e. The third-order valence-electron chi connectivity index (χ3n) is 6.89. The molecule has 0 unspecified atom stereocenters. The number of hydrogen-bond acceptors (Lipinski definition) is 5. The number of aryl methyl sites for hydroxylation is 1. The number of carbonyl (C=O) groups excluding carboxylic acids is 3. The second-order valence-corrected chi connectivity index (χ2v) is 10.1. The zero-order valence-electron chi connectivity index (χ0n) is 21.8. The lowest BCUT2D eigenvalue weighted by Crippen LogP contribution is -2.30. The summed E-state index contributed by atoms with van der Waals surface area (Å²) in [5.74, 6) is -2.01. The maximum atomic E-state index is 13.6. The van der Waals surface area contributed by atoms with E-state index in [0.717, 1.165) is 22.6 Å². The molecule has 6 rings (SSSR count). The number of amides is 3. The zero-order valence-corrected chi connectivity index (χ0v) is 22.5. The Kier molecular flexibility index (Phi) is 6.58. The van der Waals surface area contributed by atoms with Crippen LogP contribution in [0.5, 0.6) is 5.75 Å². The summed E-state index contributed by atoms with van der Waals surface area (Å²) < 4.78 is 43.0. The van der Waals surface area contributed by atoms with Gasteiger partial charge in [-0.15, -0.1) is 13.2 Å². The minimum Gasteiger partial charge on any atom is -0.406 e. The second-order valence-electron chi connectivity index (χ2n) is 9.67. The van der Waals surface area contributed by atoms with Gasteiger partial charge < -0.3 is 9.64 Å². The fourth-order valence-corrected chi connectivity index (χ4v) is 5.21. The highest BCUT2D eigenvalue weighted by Gasteiger charge is 2.38. The van der Waals surface area contributed by atoms with Gasteiger partial charge in [0.05, 0.1) is 34.7 Å². The lowest BCUT2D eigenvalue weighted by atomic mass is 10.1. The van der Waals surface area contributed by atoms with Gasteiger partial charge in [-0.2, -0.15) is 0 Å². The van der Waals surface area contributed by atoms with Crippen LogP contribution in [0.15, 0.2) is 89.9 Å². The second kappa shape index (κ2) is 10.1. The Bertz CT molecular complexity index is 1820. The molecule has 0 saturated heterocycles. The largest absolute Gasteiger partial charge is 0.573 e. The molecule has 4 aromatic rings. The van der Waals surface area contributed by atoms with Gasteiger partial charge in [0.1, 0.15) is 11.5 Å². The molecule has 0 spiro atoms. The van der Waals surface area contributed by atoms with Crippen LogP contribution in [0.4, 0.5) is 30.2 Å². The van der Waals surface area contributed by atoms with Crippen LogP contribution in [0, 0.1) is 6.92 Å². The van der Waals surface area contributed by atoms with Gasteiger partial charge in [-0.1, -0.05) is 41.9 Å². The molecular weight excluding hydrogens is 571 g/mol. The number of aliphatic imine (C=N–C) groups is 1. The van der Waals surface area contributed by atoms with E-state index >= 15 is 0 Å². The fraction of sp³-hybridized carbons (Fsp3) is 0.0968. The summed E-state index contributed by atoms with van der Waals surface area (Å²) in [7, 11) is 0. The van der Waals surface area contributed by atoms with Gasteiger partial charge in [0.25, 0.3) is 17.7 Å². The molecule has 0 bridgehead atoms. The van der Waals surface area contributed by atoms with Crippen LogP contribution in [0.25, 0.3) is 0 Å². The van der Waals surface area contributed by atoms with Crippen molar-refractivity contribution in [1.82, 2.24) is 0 Å². The van der Waals surface area contributed by atoms with E-state index in [1.54, 1.807) is 13.0 Å². The number of ether oxygens (including phenoxy) is 1. The molecule has 210 valence electrons. The highest BCUT2D eigenvalue weighted by molar-refractivity contribution is 6.54. The summed E-state index contributed by atoms with van der Waals surface area (Å²) in [4.78, 5) is 46.7. The van der Waals surface area contributed by atoms with Crippen molar-refractivity contribution in [2.24, 2.45) is 4.99 Å². The van der Waals surface area contributed by atoms with Crippen LogP contribution in [-0.4, -0.2) is 29.8 Å². The van der Waals surface area contributed by atoms with E-state index in [9.17, 15) is 27.6 Å². The molecule has 4 aromatic carbocycles. The molecule has 0 aliphatic carbocycles. The number of fused-ring (bicyclic) bond motifs is 2. The highest BCUT2D eigenvalue weighted by Crippen LogP contribution is 2.38. The Labute approximate surface area is 242 Å².